The fourth-order valence-electron chi connectivity index (χ4n) is 4.34. The van der Waals surface area contributed by atoms with E-state index in [0.717, 1.165) is 9.87 Å². The lowest BCUT2D eigenvalue weighted by Gasteiger charge is -2.24. The number of nitrogens with zero attached hydrogens (tertiary/aromatic N) is 1. The fourth-order valence-corrected chi connectivity index (χ4v) is 5.93. The van der Waals surface area contributed by atoms with Gasteiger partial charge in [0.15, 0.2) is 5.78 Å². The molecule has 9 heteroatoms. The van der Waals surface area contributed by atoms with Gasteiger partial charge < -0.3 is 10.1 Å². The highest BCUT2D eigenvalue weighted by Gasteiger charge is 2.28. The number of para-hydroxylation sites is 1. The van der Waals surface area contributed by atoms with Gasteiger partial charge in [0.1, 0.15) is 18.0 Å². The van der Waals surface area contributed by atoms with Gasteiger partial charge >= 0.3 is 0 Å². The minimum Gasteiger partial charge on any atom is -0.457 e. The van der Waals surface area contributed by atoms with Crippen LogP contribution in [0.4, 0.5) is 11.4 Å². The maximum atomic E-state index is 13.9. The summed E-state index contributed by atoms with van der Waals surface area (Å²) in [4.78, 5) is 26.7. The van der Waals surface area contributed by atoms with Crippen molar-refractivity contribution >= 4 is 44.7 Å². The van der Waals surface area contributed by atoms with E-state index in [4.69, 9.17) is 16.3 Å². The summed E-state index contributed by atoms with van der Waals surface area (Å²) in [5, 5.41) is 3.03. The molecule has 0 atom stereocenters. The zero-order chi connectivity index (χ0) is 30.4. The number of sulfonamides is 1. The SMILES string of the molecule is Cc1ccc(S(=O)(=O)N(CC(=O)Nc2ccc(Cl)cc2C(=O)c2ccccc2)c2ccc(Oc3ccccc3)cc2)cc1. The number of anilines is 2. The third kappa shape index (κ3) is 7.12. The van der Waals surface area contributed by atoms with Gasteiger partial charge in [-0.1, -0.05) is 77.8 Å². The number of nitrogens with one attached hydrogen (secondary N) is 1. The lowest BCUT2D eigenvalue weighted by molar-refractivity contribution is -0.114. The van der Waals surface area contributed by atoms with Gasteiger partial charge in [0.25, 0.3) is 10.0 Å². The standard InChI is InChI=1S/C34H27ClN2O5S/c1-24-12-19-30(20-13-24)43(40,41)37(27-15-17-29(18-16-27)42-28-10-6-3-7-11-28)23-33(38)36-32-21-14-26(35)22-31(32)34(39)25-8-4-2-5-9-25/h2-22H,23H2,1H3,(H,36,38). The Morgan fingerprint density at radius 2 is 1.37 bits per heavy atom. The second kappa shape index (κ2) is 12.9. The summed E-state index contributed by atoms with van der Waals surface area (Å²) in [6.07, 6.45) is 0. The highest BCUT2D eigenvalue weighted by Crippen LogP contribution is 2.29. The van der Waals surface area contributed by atoms with E-state index in [1.165, 1.54) is 24.3 Å². The molecule has 0 aromatic heterocycles. The molecule has 0 spiro atoms. The molecule has 0 radical (unpaired) electrons. The number of halogens is 1. The molecule has 0 fully saturated rings. The first-order chi connectivity index (χ1) is 20.7. The van der Waals surface area contributed by atoms with Crippen LogP contribution in [0.15, 0.2) is 132 Å². The molecule has 7 nitrogen and oxygen atoms in total. The van der Waals surface area contributed by atoms with E-state index in [9.17, 15) is 18.0 Å². The number of hydrogen-bond acceptors (Lipinski definition) is 5. The zero-order valence-corrected chi connectivity index (χ0v) is 24.7. The second-order valence-electron chi connectivity index (χ2n) is 9.67. The number of hydrogen-bond donors (Lipinski definition) is 1. The molecule has 5 rings (SSSR count). The minimum atomic E-state index is -4.16. The molecule has 0 heterocycles. The normalized spacial score (nSPS) is 11.0. The van der Waals surface area contributed by atoms with E-state index in [-0.39, 0.29) is 27.6 Å². The van der Waals surface area contributed by atoms with Gasteiger partial charge in [-0.2, -0.15) is 0 Å². The molecule has 0 unspecified atom stereocenters. The first-order valence-corrected chi connectivity index (χ1v) is 15.1. The molecular formula is C34H27ClN2O5S. The highest BCUT2D eigenvalue weighted by molar-refractivity contribution is 7.92. The average Bonchev–Trinajstić information content (AvgIpc) is 3.02. The Labute approximate surface area is 255 Å². The fraction of sp³-hybridized carbons (Fsp3) is 0.0588. The first-order valence-electron chi connectivity index (χ1n) is 13.3. The molecule has 0 bridgehead atoms. The van der Waals surface area contributed by atoms with Crippen LogP contribution in [0.2, 0.25) is 5.02 Å². The van der Waals surface area contributed by atoms with Crippen LogP contribution < -0.4 is 14.4 Å². The Morgan fingerprint density at radius 1 is 0.767 bits per heavy atom. The summed E-state index contributed by atoms with van der Waals surface area (Å²) >= 11 is 6.19. The number of carbonyl (C=O) groups excluding carboxylic acids is 2. The number of benzene rings is 5. The molecule has 1 amide bonds. The van der Waals surface area contributed by atoms with Crippen LogP contribution in [0.3, 0.4) is 0 Å². The number of amides is 1. The van der Waals surface area contributed by atoms with Crippen LogP contribution in [0, 0.1) is 6.92 Å². The summed E-state index contributed by atoms with van der Waals surface area (Å²) in [5.74, 6) is 0.140. The van der Waals surface area contributed by atoms with Gasteiger partial charge in [0.2, 0.25) is 5.91 Å². The summed E-state index contributed by atoms with van der Waals surface area (Å²) < 4.78 is 34.6. The Morgan fingerprint density at radius 3 is 2.02 bits per heavy atom. The molecule has 0 aliphatic heterocycles. The van der Waals surface area contributed by atoms with Crippen LogP contribution in [-0.2, 0) is 14.8 Å². The molecule has 0 aliphatic rings. The Hall–Kier alpha value is -4.92. The number of aryl methyl sites for hydroxylation is 1. The van der Waals surface area contributed by atoms with E-state index in [1.54, 1.807) is 84.9 Å². The van der Waals surface area contributed by atoms with Crippen LogP contribution in [0.1, 0.15) is 21.5 Å². The third-order valence-corrected chi connectivity index (χ3v) is 8.56. The molecule has 216 valence electrons. The lowest BCUT2D eigenvalue weighted by Crippen LogP contribution is -2.38. The van der Waals surface area contributed by atoms with Crippen molar-refractivity contribution in [3.8, 4) is 11.5 Å². The predicted molar refractivity (Wildman–Crippen MR) is 169 cm³/mol. The number of ether oxygens (including phenoxy) is 1. The topological polar surface area (TPSA) is 92.8 Å². The summed E-state index contributed by atoms with van der Waals surface area (Å²) in [7, 11) is -4.16. The number of rotatable bonds is 10. The molecule has 5 aromatic rings. The minimum absolute atomic E-state index is 0.0296. The first kappa shape index (κ1) is 29.6. The van der Waals surface area contributed by atoms with E-state index in [1.807, 2.05) is 25.1 Å². The van der Waals surface area contributed by atoms with Crippen molar-refractivity contribution in [2.24, 2.45) is 0 Å². The molecule has 0 saturated heterocycles. The quantitative estimate of drug-likeness (QED) is 0.165. The highest BCUT2D eigenvalue weighted by atomic mass is 35.5. The van der Waals surface area contributed by atoms with E-state index >= 15 is 0 Å². The van der Waals surface area contributed by atoms with E-state index in [0.29, 0.717) is 22.1 Å². The maximum Gasteiger partial charge on any atom is 0.264 e. The van der Waals surface area contributed by atoms with Crippen molar-refractivity contribution in [3.05, 3.63) is 149 Å². The number of ketones is 1. The molecule has 43 heavy (non-hydrogen) atoms. The molecule has 0 aliphatic carbocycles. The third-order valence-electron chi connectivity index (χ3n) is 6.54. The van der Waals surface area contributed by atoms with Gasteiger partial charge in [0.05, 0.1) is 16.3 Å². The van der Waals surface area contributed by atoms with Crippen LogP contribution >= 0.6 is 11.6 Å². The smallest absolute Gasteiger partial charge is 0.264 e. The molecule has 5 aromatic carbocycles. The summed E-state index contributed by atoms with van der Waals surface area (Å²) in [6.45, 7) is 1.30. The number of carbonyl (C=O) groups is 2. The summed E-state index contributed by atoms with van der Waals surface area (Å²) in [6, 6.07) is 35.1. The van der Waals surface area contributed by atoms with Gasteiger partial charge in [-0.25, -0.2) is 8.42 Å². The largest absolute Gasteiger partial charge is 0.457 e. The van der Waals surface area contributed by atoms with Crippen molar-refractivity contribution < 1.29 is 22.7 Å². The van der Waals surface area contributed by atoms with Crippen molar-refractivity contribution in [1.82, 2.24) is 0 Å². The van der Waals surface area contributed by atoms with E-state index in [2.05, 4.69) is 5.32 Å². The zero-order valence-electron chi connectivity index (χ0n) is 23.1. The molecule has 1 N–H and O–H groups in total. The Bertz CT molecular complexity index is 1850. The summed E-state index contributed by atoms with van der Waals surface area (Å²) in [5.41, 5.74) is 1.96. The monoisotopic (exact) mass is 610 g/mol. The Kier molecular flexibility index (Phi) is 8.90. The van der Waals surface area contributed by atoms with Crippen molar-refractivity contribution in [2.75, 3.05) is 16.2 Å². The van der Waals surface area contributed by atoms with Crippen LogP contribution in [0.25, 0.3) is 0 Å². The maximum absolute atomic E-state index is 13.9. The van der Waals surface area contributed by atoms with Crippen LogP contribution in [0.5, 0.6) is 11.5 Å². The van der Waals surface area contributed by atoms with E-state index < -0.39 is 22.5 Å². The second-order valence-corrected chi connectivity index (χ2v) is 12.0. The lowest BCUT2D eigenvalue weighted by atomic mass is 10.0. The van der Waals surface area contributed by atoms with Gasteiger partial charge in [0, 0.05) is 16.1 Å². The van der Waals surface area contributed by atoms with Gasteiger partial charge in [-0.05, 0) is 73.7 Å². The average molecular weight is 611 g/mol. The van der Waals surface area contributed by atoms with Crippen LogP contribution in [-0.4, -0.2) is 26.7 Å². The molecular weight excluding hydrogens is 584 g/mol. The van der Waals surface area contributed by atoms with Gasteiger partial charge in [-0.3, -0.25) is 13.9 Å². The van der Waals surface area contributed by atoms with Crippen molar-refractivity contribution in [2.45, 2.75) is 11.8 Å². The van der Waals surface area contributed by atoms with Crippen molar-refractivity contribution in [3.63, 3.8) is 0 Å². The predicted octanol–water partition coefficient (Wildman–Crippen LogP) is 7.51. The molecule has 0 saturated carbocycles. The van der Waals surface area contributed by atoms with Crippen molar-refractivity contribution in [1.29, 1.82) is 0 Å². The van der Waals surface area contributed by atoms with Gasteiger partial charge in [-0.15, -0.1) is 0 Å². The Balaban J connectivity index is 1.45.